The van der Waals surface area contributed by atoms with Crippen LogP contribution in [0.15, 0.2) is 36.4 Å². The van der Waals surface area contributed by atoms with Crippen molar-refractivity contribution in [2.45, 2.75) is 44.7 Å². The molecule has 2 fully saturated rings. The summed E-state index contributed by atoms with van der Waals surface area (Å²) in [4.78, 5) is 19.3. The Hall–Kier alpha value is -2.67. The molecule has 1 N–H and O–H groups in total. The number of ether oxygens (including phenoxy) is 1. The van der Waals surface area contributed by atoms with E-state index in [-0.39, 0.29) is 25.3 Å². The lowest BCUT2D eigenvalue weighted by Gasteiger charge is -2.43. The molecule has 0 aromatic heterocycles. The summed E-state index contributed by atoms with van der Waals surface area (Å²) in [6.07, 6.45) is -9.69. The van der Waals surface area contributed by atoms with Crippen molar-refractivity contribution < 1.29 is 41.0 Å². The maximum Gasteiger partial charge on any atom is 0.416 e. The van der Waals surface area contributed by atoms with Gasteiger partial charge in [-0.25, -0.2) is 0 Å². The average molecular weight is 588 g/mol. The van der Waals surface area contributed by atoms with E-state index >= 15 is 0 Å². The highest BCUT2D eigenvalue weighted by atomic mass is 19.4. The van der Waals surface area contributed by atoms with Crippen molar-refractivity contribution in [1.29, 1.82) is 0 Å². The van der Waals surface area contributed by atoms with E-state index < -0.39 is 41.0 Å². The number of carbonyl (C=O) groups is 1. The van der Waals surface area contributed by atoms with Crippen molar-refractivity contribution >= 4 is 5.91 Å². The topological polar surface area (TPSA) is 56.2 Å². The fraction of sp³-hybridized carbons (Fsp3) is 0.552. The lowest BCUT2D eigenvalue weighted by Crippen LogP contribution is -2.57. The summed E-state index contributed by atoms with van der Waals surface area (Å²) in [5.74, 6) is -0.858. The fourth-order valence-electron chi connectivity index (χ4n) is 5.43. The second kappa shape index (κ2) is 12.7. The summed E-state index contributed by atoms with van der Waals surface area (Å²) in [6, 6.07) is 6.33. The van der Waals surface area contributed by atoms with Crippen LogP contribution in [0.3, 0.4) is 0 Å². The maximum atomic E-state index is 13.6. The highest BCUT2D eigenvalue weighted by molar-refractivity contribution is 5.95. The molecule has 0 unspecified atom stereocenters. The number of morpholine rings is 1. The number of aliphatic hydroxyl groups excluding tert-OH is 1. The summed E-state index contributed by atoms with van der Waals surface area (Å²) >= 11 is 0. The molecule has 0 aliphatic carbocycles. The Balaban J connectivity index is 1.59. The minimum Gasteiger partial charge on any atom is -0.395 e. The van der Waals surface area contributed by atoms with Crippen molar-refractivity contribution in [2.75, 3.05) is 59.1 Å². The summed E-state index contributed by atoms with van der Waals surface area (Å²) in [5, 5.41) is 9.67. The van der Waals surface area contributed by atoms with Crippen LogP contribution >= 0.6 is 0 Å². The Labute approximate surface area is 235 Å². The van der Waals surface area contributed by atoms with Gasteiger partial charge < -0.3 is 14.7 Å². The van der Waals surface area contributed by atoms with Gasteiger partial charge in [0.2, 0.25) is 0 Å². The maximum absolute atomic E-state index is 13.6. The Bertz CT molecular complexity index is 1190. The Kier molecular flexibility index (Phi) is 9.67. The standard InChI is InChI=1S/C29H35F6N3O3/c1-19-3-4-21(11-20(19)2)12-25-16-36(5-7-37-9-10-41-18-26(37)17-39)6-8-38(25)27(40)22-13-23(28(30,31)32)15-24(14-22)29(33,34)35/h3-4,11,13-15,25-26,39H,5-10,12,16-18H2,1-2H3/t25-,26+/m1/s1. The van der Waals surface area contributed by atoms with E-state index in [1.165, 1.54) is 4.90 Å². The van der Waals surface area contributed by atoms with Crippen molar-refractivity contribution in [3.8, 4) is 0 Å². The lowest BCUT2D eigenvalue weighted by molar-refractivity contribution is -0.143. The van der Waals surface area contributed by atoms with Crippen LogP contribution in [0.2, 0.25) is 0 Å². The van der Waals surface area contributed by atoms with Gasteiger partial charge in [-0.1, -0.05) is 18.2 Å². The van der Waals surface area contributed by atoms with E-state index in [4.69, 9.17) is 4.74 Å². The van der Waals surface area contributed by atoms with Gasteiger partial charge in [-0.2, -0.15) is 26.3 Å². The minimum atomic E-state index is -5.04. The quantitative estimate of drug-likeness (QED) is 0.487. The van der Waals surface area contributed by atoms with Gasteiger partial charge in [-0.05, 0) is 55.2 Å². The number of hydrogen-bond acceptors (Lipinski definition) is 5. The molecule has 12 heteroatoms. The molecule has 0 spiro atoms. The molecule has 0 saturated carbocycles. The third-order valence-corrected chi connectivity index (χ3v) is 7.97. The third-order valence-electron chi connectivity index (χ3n) is 7.97. The van der Waals surface area contributed by atoms with E-state index in [9.17, 15) is 36.2 Å². The van der Waals surface area contributed by atoms with Crippen LogP contribution in [0, 0.1) is 13.8 Å². The summed E-state index contributed by atoms with van der Waals surface area (Å²) in [5.41, 5.74) is -0.605. The number of aryl methyl sites for hydroxylation is 2. The van der Waals surface area contributed by atoms with E-state index in [1.807, 2.05) is 32.0 Å². The molecule has 0 bridgehead atoms. The number of nitrogens with zero attached hydrogens (tertiary/aromatic N) is 3. The first-order valence-electron chi connectivity index (χ1n) is 13.6. The molecule has 2 aromatic rings. The Morgan fingerprint density at radius 2 is 1.59 bits per heavy atom. The molecular formula is C29H35F6N3O3. The summed E-state index contributed by atoms with van der Waals surface area (Å²) in [6.45, 7) is 7.80. The van der Waals surface area contributed by atoms with E-state index in [0.717, 1.165) is 16.7 Å². The van der Waals surface area contributed by atoms with Crippen LogP contribution < -0.4 is 0 Å². The molecule has 2 atom stereocenters. The zero-order chi connectivity index (χ0) is 29.9. The van der Waals surface area contributed by atoms with Crippen molar-refractivity contribution in [3.63, 3.8) is 0 Å². The van der Waals surface area contributed by atoms with Crippen LogP contribution in [-0.2, 0) is 23.5 Å². The minimum absolute atomic E-state index is 0.0332. The number of carbonyl (C=O) groups excluding carboxylic acids is 1. The number of amides is 1. The summed E-state index contributed by atoms with van der Waals surface area (Å²) in [7, 11) is 0. The molecule has 0 radical (unpaired) electrons. The average Bonchev–Trinajstić information content (AvgIpc) is 2.92. The third kappa shape index (κ3) is 7.79. The van der Waals surface area contributed by atoms with Gasteiger partial charge in [-0.3, -0.25) is 14.6 Å². The van der Waals surface area contributed by atoms with Crippen molar-refractivity contribution in [2.24, 2.45) is 0 Å². The Morgan fingerprint density at radius 3 is 2.20 bits per heavy atom. The predicted octanol–water partition coefficient (Wildman–Crippen LogP) is 4.40. The van der Waals surface area contributed by atoms with E-state index in [0.29, 0.717) is 64.5 Å². The van der Waals surface area contributed by atoms with Crippen LogP contribution in [0.5, 0.6) is 0 Å². The van der Waals surface area contributed by atoms with Crippen LogP contribution in [0.25, 0.3) is 0 Å². The molecule has 4 rings (SSSR count). The summed E-state index contributed by atoms with van der Waals surface area (Å²) < 4.78 is 86.4. The zero-order valence-electron chi connectivity index (χ0n) is 23.1. The largest absolute Gasteiger partial charge is 0.416 e. The molecule has 2 aliphatic heterocycles. The molecule has 1 amide bonds. The van der Waals surface area contributed by atoms with E-state index in [2.05, 4.69) is 9.80 Å². The highest BCUT2D eigenvalue weighted by Gasteiger charge is 2.39. The first kappa shape index (κ1) is 31.3. The Morgan fingerprint density at radius 1 is 0.902 bits per heavy atom. The van der Waals surface area contributed by atoms with E-state index in [1.54, 1.807) is 0 Å². The predicted molar refractivity (Wildman–Crippen MR) is 141 cm³/mol. The van der Waals surface area contributed by atoms with Gasteiger partial charge >= 0.3 is 12.4 Å². The van der Waals surface area contributed by atoms with Gasteiger partial charge in [0.1, 0.15) is 0 Å². The number of hydrogen-bond donors (Lipinski definition) is 1. The molecule has 2 heterocycles. The van der Waals surface area contributed by atoms with Crippen LogP contribution in [-0.4, -0.2) is 96.9 Å². The van der Waals surface area contributed by atoms with Gasteiger partial charge in [0.15, 0.2) is 0 Å². The molecule has 6 nitrogen and oxygen atoms in total. The normalized spacial score (nSPS) is 21.3. The number of benzene rings is 2. The molecule has 41 heavy (non-hydrogen) atoms. The number of aliphatic hydroxyl groups is 1. The van der Waals surface area contributed by atoms with Gasteiger partial charge in [0, 0.05) is 50.9 Å². The second-order valence-corrected chi connectivity index (χ2v) is 10.8. The van der Waals surface area contributed by atoms with Crippen LogP contribution in [0.1, 0.15) is 38.2 Å². The zero-order valence-corrected chi connectivity index (χ0v) is 23.1. The van der Waals surface area contributed by atoms with Gasteiger partial charge in [0.05, 0.1) is 37.0 Å². The van der Waals surface area contributed by atoms with Crippen LogP contribution in [0.4, 0.5) is 26.3 Å². The van der Waals surface area contributed by atoms with Crippen molar-refractivity contribution in [1.82, 2.24) is 14.7 Å². The van der Waals surface area contributed by atoms with Gasteiger partial charge in [-0.15, -0.1) is 0 Å². The molecule has 2 saturated heterocycles. The smallest absolute Gasteiger partial charge is 0.395 e. The lowest BCUT2D eigenvalue weighted by atomic mass is 9.97. The van der Waals surface area contributed by atoms with Gasteiger partial charge in [0.25, 0.3) is 5.91 Å². The molecule has 2 aliphatic rings. The number of piperazine rings is 1. The molecule has 2 aromatic carbocycles. The first-order valence-corrected chi connectivity index (χ1v) is 13.6. The number of halogens is 6. The number of rotatable bonds is 7. The fourth-order valence-corrected chi connectivity index (χ4v) is 5.43. The first-order chi connectivity index (χ1) is 19.3. The highest BCUT2D eigenvalue weighted by Crippen LogP contribution is 2.37. The molecular weight excluding hydrogens is 552 g/mol. The number of alkyl halides is 6. The second-order valence-electron chi connectivity index (χ2n) is 10.8. The SMILES string of the molecule is Cc1ccc(C[C@@H]2CN(CCN3CCOC[C@@H]3CO)CCN2C(=O)c2cc(C(F)(F)F)cc(C(F)(F)F)c2)cc1C. The molecule has 226 valence electrons. The monoisotopic (exact) mass is 587 g/mol. The van der Waals surface area contributed by atoms with Crippen molar-refractivity contribution in [3.05, 3.63) is 69.8 Å².